The molecular formula is C15H28N2O2. The largest absolute Gasteiger partial charge is 0.376 e. The third-order valence-corrected chi connectivity index (χ3v) is 4.99. The van der Waals surface area contributed by atoms with Gasteiger partial charge in [0.05, 0.1) is 17.6 Å². The first-order valence-corrected chi connectivity index (χ1v) is 7.70. The Morgan fingerprint density at radius 1 is 1.42 bits per heavy atom. The van der Waals surface area contributed by atoms with E-state index in [4.69, 9.17) is 10.5 Å². The van der Waals surface area contributed by atoms with E-state index in [1.807, 2.05) is 6.92 Å². The van der Waals surface area contributed by atoms with Gasteiger partial charge in [0, 0.05) is 13.2 Å². The summed E-state index contributed by atoms with van der Waals surface area (Å²) in [5, 5.41) is 3.15. The molecule has 1 amide bonds. The van der Waals surface area contributed by atoms with Crippen LogP contribution in [-0.4, -0.2) is 31.2 Å². The summed E-state index contributed by atoms with van der Waals surface area (Å²) in [6.45, 7) is 5.59. The Labute approximate surface area is 116 Å². The Morgan fingerprint density at radius 3 is 2.63 bits per heavy atom. The van der Waals surface area contributed by atoms with Crippen LogP contribution in [0.25, 0.3) is 0 Å². The van der Waals surface area contributed by atoms with Crippen LogP contribution in [0.5, 0.6) is 0 Å². The summed E-state index contributed by atoms with van der Waals surface area (Å²) >= 11 is 0. The highest BCUT2D eigenvalue weighted by molar-refractivity contribution is 5.83. The number of amides is 1. The first kappa shape index (κ1) is 14.8. The molecule has 1 aliphatic heterocycles. The molecule has 1 saturated carbocycles. The van der Waals surface area contributed by atoms with Gasteiger partial charge in [0.15, 0.2) is 0 Å². The predicted octanol–water partition coefficient (Wildman–Crippen LogP) is 1.83. The highest BCUT2D eigenvalue weighted by atomic mass is 16.5. The smallest absolute Gasteiger partial charge is 0.227 e. The van der Waals surface area contributed by atoms with Crippen LogP contribution in [0.4, 0.5) is 0 Å². The van der Waals surface area contributed by atoms with Crippen molar-refractivity contribution in [3.05, 3.63) is 0 Å². The van der Waals surface area contributed by atoms with Gasteiger partial charge in [-0.25, -0.2) is 0 Å². The zero-order valence-electron chi connectivity index (χ0n) is 12.3. The number of nitrogens with one attached hydrogen (secondary N) is 1. The summed E-state index contributed by atoms with van der Waals surface area (Å²) < 4.78 is 5.64. The maximum atomic E-state index is 12.6. The first-order valence-electron chi connectivity index (χ1n) is 7.70. The van der Waals surface area contributed by atoms with Crippen LogP contribution in [0.3, 0.4) is 0 Å². The second-order valence-corrected chi connectivity index (χ2v) is 6.48. The predicted molar refractivity (Wildman–Crippen MR) is 75.7 cm³/mol. The summed E-state index contributed by atoms with van der Waals surface area (Å²) in [5.74, 6) is 0.868. The summed E-state index contributed by atoms with van der Waals surface area (Å²) in [5.41, 5.74) is 5.59. The molecule has 110 valence electrons. The van der Waals surface area contributed by atoms with Gasteiger partial charge in [-0.2, -0.15) is 0 Å². The van der Waals surface area contributed by atoms with E-state index in [2.05, 4.69) is 12.2 Å². The van der Waals surface area contributed by atoms with Crippen molar-refractivity contribution in [3.63, 3.8) is 0 Å². The topological polar surface area (TPSA) is 64.4 Å². The third-order valence-electron chi connectivity index (χ3n) is 4.99. The lowest BCUT2D eigenvalue weighted by Gasteiger charge is -2.38. The van der Waals surface area contributed by atoms with Gasteiger partial charge in [0.25, 0.3) is 0 Å². The van der Waals surface area contributed by atoms with Crippen molar-refractivity contribution in [3.8, 4) is 0 Å². The molecule has 0 radical (unpaired) electrons. The number of carbonyl (C=O) groups excluding carboxylic acids is 1. The molecule has 4 nitrogen and oxygen atoms in total. The zero-order valence-corrected chi connectivity index (χ0v) is 12.3. The molecule has 1 aliphatic carbocycles. The van der Waals surface area contributed by atoms with E-state index >= 15 is 0 Å². The van der Waals surface area contributed by atoms with Crippen molar-refractivity contribution in [1.82, 2.24) is 5.32 Å². The van der Waals surface area contributed by atoms with Gasteiger partial charge in [0.2, 0.25) is 5.91 Å². The highest BCUT2D eigenvalue weighted by Gasteiger charge is 2.40. The number of hydrogen-bond acceptors (Lipinski definition) is 3. The normalized spacial score (nSPS) is 37.0. The van der Waals surface area contributed by atoms with E-state index in [0.29, 0.717) is 6.54 Å². The van der Waals surface area contributed by atoms with Gasteiger partial charge in [-0.15, -0.1) is 0 Å². The Kier molecular flexibility index (Phi) is 4.85. The van der Waals surface area contributed by atoms with Gasteiger partial charge in [-0.1, -0.05) is 6.92 Å². The Balaban J connectivity index is 1.92. The molecule has 4 heteroatoms. The van der Waals surface area contributed by atoms with E-state index in [1.165, 1.54) is 0 Å². The van der Waals surface area contributed by atoms with Crippen LogP contribution in [0.2, 0.25) is 0 Å². The molecule has 2 fully saturated rings. The summed E-state index contributed by atoms with van der Waals surface area (Å²) in [4.78, 5) is 12.6. The fourth-order valence-electron chi connectivity index (χ4n) is 3.29. The second kappa shape index (κ2) is 6.23. The van der Waals surface area contributed by atoms with Gasteiger partial charge in [-0.3, -0.25) is 4.79 Å². The molecule has 0 aromatic rings. The molecule has 1 heterocycles. The van der Waals surface area contributed by atoms with Crippen LogP contribution >= 0.6 is 0 Å². The van der Waals surface area contributed by atoms with Gasteiger partial charge >= 0.3 is 0 Å². The van der Waals surface area contributed by atoms with Crippen molar-refractivity contribution in [2.75, 3.05) is 13.2 Å². The Hall–Kier alpha value is -0.610. The number of hydrogen-bond donors (Lipinski definition) is 2. The SMILES string of the molecule is CC1CCC(CN)(C(=O)NC(C)C2CCCO2)CC1. The first-order chi connectivity index (χ1) is 9.07. The molecule has 0 aromatic carbocycles. The van der Waals surface area contributed by atoms with Crippen molar-refractivity contribution >= 4 is 5.91 Å². The number of nitrogens with two attached hydrogens (primary N) is 1. The quantitative estimate of drug-likeness (QED) is 0.817. The van der Waals surface area contributed by atoms with E-state index in [9.17, 15) is 4.79 Å². The minimum atomic E-state index is -0.334. The van der Waals surface area contributed by atoms with Crippen molar-refractivity contribution in [2.45, 2.75) is 64.5 Å². The van der Waals surface area contributed by atoms with Crippen LogP contribution in [-0.2, 0) is 9.53 Å². The molecule has 0 aromatic heterocycles. The summed E-state index contributed by atoms with van der Waals surface area (Å²) in [6, 6.07) is 0.0952. The average molecular weight is 268 g/mol. The molecule has 2 aliphatic rings. The van der Waals surface area contributed by atoms with Crippen LogP contribution in [0.15, 0.2) is 0 Å². The second-order valence-electron chi connectivity index (χ2n) is 6.48. The molecule has 2 unspecified atom stereocenters. The van der Waals surface area contributed by atoms with Crippen LogP contribution in [0.1, 0.15) is 52.4 Å². The molecule has 1 saturated heterocycles. The lowest BCUT2D eigenvalue weighted by Crippen LogP contribution is -2.52. The third kappa shape index (κ3) is 3.29. The minimum absolute atomic E-state index is 0.0952. The monoisotopic (exact) mass is 268 g/mol. The summed E-state index contributed by atoms with van der Waals surface area (Å²) in [7, 11) is 0. The lowest BCUT2D eigenvalue weighted by atomic mass is 9.70. The maximum Gasteiger partial charge on any atom is 0.227 e. The van der Waals surface area contributed by atoms with Crippen LogP contribution < -0.4 is 11.1 Å². The minimum Gasteiger partial charge on any atom is -0.376 e. The Morgan fingerprint density at radius 2 is 2.11 bits per heavy atom. The lowest BCUT2D eigenvalue weighted by molar-refractivity contribution is -0.134. The van der Waals surface area contributed by atoms with Crippen molar-refractivity contribution in [2.24, 2.45) is 17.1 Å². The van der Waals surface area contributed by atoms with Gasteiger partial charge in [0.1, 0.15) is 0 Å². The number of carbonyl (C=O) groups is 1. The van der Waals surface area contributed by atoms with E-state index in [-0.39, 0.29) is 23.5 Å². The highest BCUT2D eigenvalue weighted by Crippen LogP contribution is 2.38. The van der Waals surface area contributed by atoms with Crippen molar-refractivity contribution < 1.29 is 9.53 Å². The fraction of sp³-hybridized carbons (Fsp3) is 0.933. The molecule has 0 bridgehead atoms. The van der Waals surface area contributed by atoms with E-state index in [1.54, 1.807) is 0 Å². The van der Waals surface area contributed by atoms with E-state index in [0.717, 1.165) is 51.0 Å². The van der Waals surface area contributed by atoms with Crippen molar-refractivity contribution in [1.29, 1.82) is 0 Å². The number of ether oxygens (including phenoxy) is 1. The molecule has 19 heavy (non-hydrogen) atoms. The standard InChI is InChI=1S/C15H28N2O2/c1-11-5-7-15(10-16,8-6-11)14(18)17-12(2)13-4-3-9-19-13/h11-13H,3-10,16H2,1-2H3,(H,17,18). The molecule has 3 N–H and O–H groups in total. The van der Waals surface area contributed by atoms with Gasteiger partial charge in [-0.05, 0) is 51.4 Å². The molecule has 2 rings (SSSR count). The molecular weight excluding hydrogens is 240 g/mol. The molecule has 2 atom stereocenters. The van der Waals surface area contributed by atoms with Crippen LogP contribution in [0, 0.1) is 11.3 Å². The Bertz CT molecular complexity index is 305. The number of rotatable bonds is 4. The molecule has 0 spiro atoms. The summed E-state index contributed by atoms with van der Waals surface area (Å²) in [6.07, 6.45) is 6.40. The fourth-order valence-corrected chi connectivity index (χ4v) is 3.29. The maximum absolute atomic E-state index is 12.6. The van der Waals surface area contributed by atoms with Gasteiger partial charge < -0.3 is 15.8 Å². The average Bonchev–Trinajstić information content (AvgIpc) is 2.94. The zero-order chi connectivity index (χ0) is 13.9. The van der Waals surface area contributed by atoms with E-state index < -0.39 is 0 Å².